The zero-order chi connectivity index (χ0) is 28.8. The second-order valence-corrected chi connectivity index (χ2v) is 11.4. The predicted molar refractivity (Wildman–Crippen MR) is 157 cm³/mol. The molecule has 1 aliphatic carbocycles. The van der Waals surface area contributed by atoms with Crippen molar-refractivity contribution < 1.29 is 24.2 Å². The van der Waals surface area contributed by atoms with Crippen LogP contribution >= 0.6 is 11.3 Å². The quantitative estimate of drug-likeness (QED) is 0.230. The molecule has 1 fully saturated rings. The minimum Gasteiger partial charge on any atom is -0.497 e. The smallest absolute Gasteiger partial charge is 0.326 e. The van der Waals surface area contributed by atoms with E-state index in [0.717, 1.165) is 60.1 Å². The number of hydrogen-bond donors (Lipinski definition) is 4. The van der Waals surface area contributed by atoms with Crippen molar-refractivity contribution in [2.75, 3.05) is 17.7 Å². The van der Waals surface area contributed by atoms with Crippen LogP contribution in [0.4, 0.5) is 15.5 Å². The summed E-state index contributed by atoms with van der Waals surface area (Å²) in [5.41, 5.74) is 3.33. The van der Waals surface area contributed by atoms with Gasteiger partial charge in [-0.1, -0.05) is 62.6 Å². The number of methoxy groups -OCH3 is 1. The third kappa shape index (κ3) is 6.80. The van der Waals surface area contributed by atoms with Crippen molar-refractivity contribution in [2.45, 2.75) is 64.8 Å². The first-order chi connectivity index (χ1) is 19.2. The van der Waals surface area contributed by atoms with Crippen LogP contribution in [0.15, 0.2) is 42.5 Å². The molecule has 4 rings (SSSR count). The summed E-state index contributed by atoms with van der Waals surface area (Å²) < 4.78 is 5.24. The van der Waals surface area contributed by atoms with Crippen molar-refractivity contribution >= 4 is 39.9 Å². The molecule has 4 N–H and O–H groups in total. The van der Waals surface area contributed by atoms with Gasteiger partial charge >= 0.3 is 12.0 Å². The number of benzene rings is 2. The number of carboxylic acids is 1. The molecule has 0 radical (unpaired) electrons. The molecule has 0 bridgehead atoms. The summed E-state index contributed by atoms with van der Waals surface area (Å²) in [4.78, 5) is 43.3. The fourth-order valence-corrected chi connectivity index (χ4v) is 6.03. The highest BCUT2D eigenvalue weighted by Gasteiger charge is 2.33. The lowest BCUT2D eigenvalue weighted by Gasteiger charge is -2.27. The molecule has 3 aromatic rings. The Balaban J connectivity index is 1.64. The molecule has 212 valence electrons. The molecule has 10 heteroatoms. The molecule has 1 atom stereocenters. The van der Waals surface area contributed by atoms with Crippen LogP contribution < -0.4 is 20.7 Å². The Kier molecular flexibility index (Phi) is 9.42. The van der Waals surface area contributed by atoms with E-state index in [9.17, 15) is 19.5 Å². The summed E-state index contributed by atoms with van der Waals surface area (Å²) in [6.07, 6.45) is 4.43. The highest BCUT2D eigenvalue weighted by atomic mass is 32.1. The van der Waals surface area contributed by atoms with E-state index in [0.29, 0.717) is 16.4 Å². The number of hydrogen-bond acceptors (Lipinski definition) is 6. The van der Waals surface area contributed by atoms with E-state index in [2.05, 4.69) is 34.8 Å². The summed E-state index contributed by atoms with van der Waals surface area (Å²) in [5, 5.41) is 19.1. The van der Waals surface area contributed by atoms with Crippen LogP contribution in [0.25, 0.3) is 10.6 Å². The van der Waals surface area contributed by atoms with E-state index in [1.165, 1.54) is 0 Å². The summed E-state index contributed by atoms with van der Waals surface area (Å²) in [6.45, 7) is 6.03. The van der Waals surface area contributed by atoms with Gasteiger partial charge in [0.2, 0.25) is 0 Å². The number of carbonyl (C=O) groups excluding carboxylic acids is 2. The average molecular weight is 565 g/mol. The fraction of sp³-hybridized carbons (Fsp3) is 0.400. The van der Waals surface area contributed by atoms with E-state index in [-0.39, 0.29) is 22.5 Å². The minimum atomic E-state index is -1.07. The molecule has 3 amide bonds. The number of aryl methyl sites for hydroxylation is 1. The van der Waals surface area contributed by atoms with Gasteiger partial charge in [0.15, 0.2) is 5.69 Å². The molecular weight excluding hydrogens is 528 g/mol. The first-order valence-electron chi connectivity index (χ1n) is 13.5. The Morgan fingerprint density at radius 3 is 2.35 bits per heavy atom. The Bertz CT molecular complexity index is 1360. The number of para-hydroxylation sites is 1. The van der Waals surface area contributed by atoms with Crippen molar-refractivity contribution in [3.8, 4) is 16.3 Å². The maximum Gasteiger partial charge on any atom is 0.326 e. The number of nitrogens with one attached hydrogen (secondary N) is 3. The average Bonchev–Trinajstić information content (AvgIpc) is 3.36. The standard InChI is InChI=1S/C30H36N4O5S/c1-17(2)22-12-8-9-18(3)23(22)33-30(38)34-28-25(32-27(40-28)20-13-15-21(39-4)16-14-20)26(35)31-24(29(36)37)19-10-6-5-7-11-19/h8-9,12-17,19,24H,5-7,10-11H2,1-4H3,(H,31,35)(H,36,37)(H2,33,34,38)/t24-/m0/s1. The zero-order valence-corrected chi connectivity index (χ0v) is 24.1. The van der Waals surface area contributed by atoms with Gasteiger partial charge < -0.3 is 20.5 Å². The minimum absolute atomic E-state index is 0.0260. The molecule has 9 nitrogen and oxygen atoms in total. The first kappa shape index (κ1) is 29.1. The predicted octanol–water partition coefficient (Wildman–Crippen LogP) is 6.66. The second kappa shape index (κ2) is 13.0. The molecule has 1 aromatic heterocycles. The van der Waals surface area contributed by atoms with Gasteiger partial charge in [0, 0.05) is 11.3 Å². The number of ether oxygens (including phenoxy) is 1. The van der Waals surface area contributed by atoms with E-state index in [1.807, 2.05) is 37.3 Å². The Hall–Kier alpha value is -3.92. The Labute approximate surface area is 238 Å². The normalized spacial score (nSPS) is 14.4. The molecule has 1 aliphatic rings. The highest BCUT2D eigenvalue weighted by Crippen LogP contribution is 2.34. The van der Waals surface area contributed by atoms with Crippen molar-refractivity contribution in [1.82, 2.24) is 10.3 Å². The number of aromatic nitrogens is 1. The van der Waals surface area contributed by atoms with Crippen LogP contribution in [0.2, 0.25) is 0 Å². The highest BCUT2D eigenvalue weighted by molar-refractivity contribution is 7.19. The summed E-state index contributed by atoms with van der Waals surface area (Å²) >= 11 is 1.15. The third-order valence-corrected chi connectivity index (χ3v) is 8.27. The number of amides is 3. The fourth-order valence-electron chi connectivity index (χ4n) is 5.06. The van der Waals surface area contributed by atoms with Gasteiger partial charge in [0.1, 0.15) is 21.8 Å². The number of anilines is 2. The molecular formula is C30H36N4O5S. The van der Waals surface area contributed by atoms with Gasteiger partial charge in [-0.05, 0) is 67.0 Å². The van der Waals surface area contributed by atoms with E-state index in [4.69, 9.17) is 4.74 Å². The lowest BCUT2D eigenvalue weighted by molar-refractivity contribution is -0.141. The third-order valence-electron chi connectivity index (χ3n) is 7.25. The van der Waals surface area contributed by atoms with Crippen molar-refractivity contribution in [2.24, 2.45) is 5.92 Å². The topological polar surface area (TPSA) is 130 Å². The van der Waals surface area contributed by atoms with Crippen molar-refractivity contribution in [3.63, 3.8) is 0 Å². The van der Waals surface area contributed by atoms with E-state index in [1.54, 1.807) is 19.2 Å². The molecule has 40 heavy (non-hydrogen) atoms. The number of carbonyl (C=O) groups is 3. The SMILES string of the molecule is COc1ccc(-c2nc(C(=O)N[C@H](C(=O)O)C3CCCCC3)c(NC(=O)Nc3c(C)cccc3C(C)C)s2)cc1. The van der Waals surface area contributed by atoms with Crippen LogP contribution in [0.1, 0.15) is 73.5 Å². The molecule has 1 heterocycles. The number of rotatable bonds is 9. The van der Waals surface area contributed by atoms with Gasteiger partial charge in [-0.25, -0.2) is 14.6 Å². The molecule has 0 unspecified atom stereocenters. The van der Waals surface area contributed by atoms with E-state index >= 15 is 0 Å². The molecule has 1 saturated carbocycles. The lowest BCUT2D eigenvalue weighted by Crippen LogP contribution is -2.46. The van der Waals surface area contributed by atoms with Crippen LogP contribution in [-0.4, -0.2) is 41.1 Å². The molecule has 0 aliphatic heterocycles. The zero-order valence-electron chi connectivity index (χ0n) is 23.2. The van der Waals surface area contributed by atoms with Gasteiger partial charge in [0.05, 0.1) is 7.11 Å². The van der Waals surface area contributed by atoms with Gasteiger partial charge in [0.25, 0.3) is 5.91 Å². The second-order valence-electron chi connectivity index (χ2n) is 10.4. The van der Waals surface area contributed by atoms with Gasteiger partial charge in [-0.2, -0.15) is 0 Å². The Morgan fingerprint density at radius 2 is 1.73 bits per heavy atom. The van der Waals surface area contributed by atoms with Crippen LogP contribution in [-0.2, 0) is 4.79 Å². The number of nitrogens with zero attached hydrogens (tertiary/aromatic N) is 1. The monoisotopic (exact) mass is 564 g/mol. The largest absolute Gasteiger partial charge is 0.497 e. The van der Waals surface area contributed by atoms with Gasteiger partial charge in [-0.15, -0.1) is 0 Å². The summed E-state index contributed by atoms with van der Waals surface area (Å²) in [5.74, 6) is -0.992. The number of carboxylic acid groups (broad SMARTS) is 1. The van der Waals surface area contributed by atoms with Gasteiger partial charge in [-0.3, -0.25) is 10.1 Å². The number of thiazole rings is 1. The molecule has 0 spiro atoms. The van der Waals surface area contributed by atoms with Crippen LogP contribution in [0.3, 0.4) is 0 Å². The van der Waals surface area contributed by atoms with E-state index < -0.39 is 23.9 Å². The summed E-state index contributed by atoms with van der Waals surface area (Å²) in [7, 11) is 1.58. The lowest BCUT2D eigenvalue weighted by atomic mass is 9.84. The maximum atomic E-state index is 13.5. The van der Waals surface area contributed by atoms with Crippen LogP contribution in [0, 0.1) is 12.8 Å². The molecule has 0 saturated heterocycles. The van der Waals surface area contributed by atoms with Crippen molar-refractivity contribution in [3.05, 3.63) is 59.3 Å². The Morgan fingerprint density at radius 1 is 1.02 bits per heavy atom. The number of aliphatic carboxylic acids is 1. The summed E-state index contributed by atoms with van der Waals surface area (Å²) in [6, 6.07) is 11.5. The number of urea groups is 1. The first-order valence-corrected chi connectivity index (χ1v) is 14.4. The maximum absolute atomic E-state index is 13.5. The van der Waals surface area contributed by atoms with Crippen molar-refractivity contribution in [1.29, 1.82) is 0 Å². The van der Waals surface area contributed by atoms with Crippen LogP contribution in [0.5, 0.6) is 5.75 Å². The molecule has 2 aromatic carbocycles.